The van der Waals surface area contributed by atoms with Crippen LogP contribution < -0.4 is 20.1 Å². The number of methoxy groups -OCH3 is 2. The predicted molar refractivity (Wildman–Crippen MR) is 123 cm³/mol. The highest BCUT2D eigenvalue weighted by atomic mass is 16.5. The van der Waals surface area contributed by atoms with E-state index in [1.165, 1.54) is 20.3 Å². The van der Waals surface area contributed by atoms with Gasteiger partial charge in [0.25, 0.3) is 5.91 Å². The first kappa shape index (κ1) is 21.6. The van der Waals surface area contributed by atoms with Crippen molar-refractivity contribution in [2.75, 3.05) is 24.9 Å². The number of ether oxygens (including phenoxy) is 2. The summed E-state index contributed by atoms with van der Waals surface area (Å²) in [5.41, 5.74) is 3.45. The van der Waals surface area contributed by atoms with Crippen molar-refractivity contribution in [2.45, 2.75) is 6.92 Å². The fraction of sp³-hybridized carbons (Fsp3) is 0.120. The van der Waals surface area contributed by atoms with Crippen LogP contribution in [0, 0.1) is 6.92 Å². The maximum absolute atomic E-state index is 12.5. The van der Waals surface area contributed by atoms with Crippen molar-refractivity contribution in [1.29, 1.82) is 0 Å². The molecule has 2 N–H and O–H groups in total. The fourth-order valence-corrected chi connectivity index (χ4v) is 2.90. The monoisotopic (exact) mass is 416 g/mol. The van der Waals surface area contributed by atoms with Crippen LogP contribution in [0.15, 0.2) is 72.8 Å². The lowest BCUT2D eigenvalue weighted by molar-refractivity contribution is -0.111. The van der Waals surface area contributed by atoms with Gasteiger partial charge < -0.3 is 20.1 Å². The van der Waals surface area contributed by atoms with Crippen LogP contribution >= 0.6 is 0 Å². The average molecular weight is 416 g/mol. The molecule has 2 amide bonds. The van der Waals surface area contributed by atoms with E-state index in [9.17, 15) is 9.59 Å². The first-order valence-electron chi connectivity index (χ1n) is 9.68. The van der Waals surface area contributed by atoms with Crippen LogP contribution in [0.25, 0.3) is 6.08 Å². The second kappa shape index (κ2) is 10.1. The quantitative estimate of drug-likeness (QED) is 0.536. The first-order valence-corrected chi connectivity index (χ1v) is 9.68. The summed E-state index contributed by atoms with van der Waals surface area (Å²) in [5, 5.41) is 5.60. The Kier molecular flexibility index (Phi) is 7.06. The van der Waals surface area contributed by atoms with Gasteiger partial charge in [0.1, 0.15) is 11.5 Å². The molecule has 0 aliphatic rings. The Hall–Kier alpha value is -4.06. The molecular weight excluding hydrogens is 392 g/mol. The topological polar surface area (TPSA) is 76.7 Å². The van der Waals surface area contributed by atoms with E-state index >= 15 is 0 Å². The highest BCUT2D eigenvalue weighted by molar-refractivity contribution is 6.06. The maximum atomic E-state index is 12.5. The zero-order valence-electron chi connectivity index (χ0n) is 17.6. The van der Waals surface area contributed by atoms with Crippen LogP contribution in [0.5, 0.6) is 11.5 Å². The minimum atomic E-state index is -0.318. The summed E-state index contributed by atoms with van der Waals surface area (Å²) >= 11 is 0. The van der Waals surface area contributed by atoms with Crippen LogP contribution in [0.2, 0.25) is 0 Å². The van der Waals surface area contributed by atoms with Crippen molar-refractivity contribution < 1.29 is 19.1 Å². The molecule has 0 aliphatic heterocycles. The van der Waals surface area contributed by atoms with E-state index < -0.39 is 0 Å². The van der Waals surface area contributed by atoms with E-state index in [-0.39, 0.29) is 11.8 Å². The van der Waals surface area contributed by atoms with Crippen molar-refractivity contribution in [1.82, 2.24) is 0 Å². The Balaban J connectivity index is 1.78. The maximum Gasteiger partial charge on any atom is 0.255 e. The normalized spacial score (nSPS) is 10.5. The number of hydrogen-bond acceptors (Lipinski definition) is 4. The molecule has 31 heavy (non-hydrogen) atoms. The average Bonchev–Trinajstić information content (AvgIpc) is 2.79. The Bertz CT molecular complexity index is 1090. The second-order valence-electron chi connectivity index (χ2n) is 6.81. The van der Waals surface area contributed by atoms with E-state index in [4.69, 9.17) is 9.47 Å². The molecule has 0 bridgehead atoms. The lowest BCUT2D eigenvalue weighted by Gasteiger charge is -2.16. The molecule has 158 valence electrons. The number of rotatable bonds is 7. The SMILES string of the molecule is COc1cc(NC(=O)c2ccccc2)c(OC)cc1NC(=O)C=Cc1ccc(C)cc1. The molecule has 0 saturated carbocycles. The van der Waals surface area contributed by atoms with Crippen molar-refractivity contribution >= 4 is 29.3 Å². The summed E-state index contributed by atoms with van der Waals surface area (Å²) < 4.78 is 10.8. The fourth-order valence-electron chi connectivity index (χ4n) is 2.90. The van der Waals surface area contributed by atoms with Gasteiger partial charge in [-0.15, -0.1) is 0 Å². The van der Waals surface area contributed by atoms with Gasteiger partial charge in [0.15, 0.2) is 0 Å². The summed E-state index contributed by atoms with van der Waals surface area (Å²) in [4.78, 5) is 24.9. The smallest absolute Gasteiger partial charge is 0.255 e. The lowest BCUT2D eigenvalue weighted by Crippen LogP contribution is -2.14. The van der Waals surface area contributed by atoms with Crippen molar-refractivity contribution in [2.24, 2.45) is 0 Å². The molecule has 0 unspecified atom stereocenters. The van der Waals surface area contributed by atoms with Crippen molar-refractivity contribution in [3.8, 4) is 11.5 Å². The molecule has 0 saturated heterocycles. The van der Waals surface area contributed by atoms with Gasteiger partial charge in [-0.3, -0.25) is 9.59 Å². The van der Waals surface area contributed by atoms with E-state index in [1.54, 1.807) is 42.5 Å². The molecule has 0 atom stereocenters. The van der Waals surface area contributed by atoms with Gasteiger partial charge in [-0.25, -0.2) is 0 Å². The van der Waals surface area contributed by atoms with E-state index in [0.29, 0.717) is 28.4 Å². The highest BCUT2D eigenvalue weighted by Crippen LogP contribution is 2.36. The first-order chi connectivity index (χ1) is 15.0. The van der Waals surface area contributed by atoms with E-state index in [1.807, 2.05) is 37.3 Å². The van der Waals surface area contributed by atoms with E-state index in [0.717, 1.165) is 11.1 Å². The van der Waals surface area contributed by atoms with Crippen LogP contribution in [0.4, 0.5) is 11.4 Å². The zero-order valence-corrected chi connectivity index (χ0v) is 17.6. The van der Waals surface area contributed by atoms with Crippen LogP contribution in [-0.2, 0) is 4.79 Å². The van der Waals surface area contributed by atoms with Gasteiger partial charge in [0, 0.05) is 23.8 Å². The Morgan fingerprint density at radius 1 is 0.806 bits per heavy atom. The number of hydrogen-bond donors (Lipinski definition) is 2. The molecule has 6 nitrogen and oxygen atoms in total. The molecule has 0 aromatic heterocycles. The summed E-state index contributed by atoms with van der Waals surface area (Å²) in [7, 11) is 2.98. The Morgan fingerprint density at radius 3 is 1.97 bits per heavy atom. The minimum Gasteiger partial charge on any atom is -0.494 e. The predicted octanol–water partition coefficient (Wildman–Crippen LogP) is 4.92. The summed E-state index contributed by atoms with van der Waals surface area (Å²) in [6.07, 6.45) is 3.18. The number of carbonyl (C=O) groups is 2. The largest absolute Gasteiger partial charge is 0.494 e. The second-order valence-corrected chi connectivity index (χ2v) is 6.81. The van der Waals surface area contributed by atoms with Crippen molar-refractivity contribution in [3.63, 3.8) is 0 Å². The number of anilines is 2. The molecule has 3 rings (SSSR count). The van der Waals surface area contributed by atoms with Crippen LogP contribution in [0.3, 0.4) is 0 Å². The Labute approximate surface area is 181 Å². The molecule has 6 heteroatoms. The third-order valence-corrected chi connectivity index (χ3v) is 4.57. The van der Waals surface area contributed by atoms with Gasteiger partial charge in [-0.05, 0) is 30.7 Å². The molecule has 3 aromatic rings. The number of aryl methyl sites for hydroxylation is 1. The molecule has 0 aliphatic carbocycles. The third kappa shape index (κ3) is 5.73. The standard InChI is InChI=1S/C25H24N2O4/c1-17-9-11-18(12-10-17)13-14-24(28)26-20-15-23(31-3)21(16-22(20)30-2)27-25(29)19-7-5-4-6-8-19/h4-16H,1-3H3,(H,26,28)(H,27,29). The van der Waals surface area contributed by atoms with Gasteiger partial charge in [0.05, 0.1) is 25.6 Å². The molecule has 0 heterocycles. The molecule has 0 radical (unpaired) electrons. The van der Waals surface area contributed by atoms with E-state index in [2.05, 4.69) is 10.6 Å². The Morgan fingerprint density at radius 2 is 1.39 bits per heavy atom. The third-order valence-electron chi connectivity index (χ3n) is 4.57. The van der Waals surface area contributed by atoms with Crippen LogP contribution in [0.1, 0.15) is 21.5 Å². The van der Waals surface area contributed by atoms with Crippen LogP contribution in [-0.4, -0.2) is 26.0 Å². The molecule has 0 fully saturated rings. The lowest BCUT2D eigenvalue weighted by atomic mass is 10.1. The number of carbonyl (C=O) groups excluding carboxylic acids is 2. The zero-order chi connectivity index (χ0) is 22.2. The molecule has 0 spiro atoms. The minimum absolute atomic E-state index is 0.279. The molecule has 3 aromatic carbocycles. The number of amides is 2. The summed E-state index contributed by atoms with van der Waals surface area (Å²) in [5.74, 6) is 0.185. The number of benzene rings is 3. The van der Waals surface area contributed by atoms with Gasteiger partial charge in [-0.1, -0.05) is 48.0 Å². The van der Waals surface area contributed by atoms with Crippen molar-refractivity contribution in [3.05, 3.63) is 89.5 Å². The highest BCUT2D eigenvalue weighted by Gasteiger charge is 2.15. The van der Waals surface area contributed by atoms with Gasteiger partial charge >= 0.3 is 0 Å². The van der Waals surface area contributed by atoms with Gasteiger partial charge in [0.2, 0.25) is 5.91 Å². The van der Waals surface area contributed by atoms with Gasteiger partial charge in [-0.2, -0.15) is 0 Å². The summed E-state index contributed by atoms with van der Waals surface area (Å²) in [6.45, 7) is 2.01. The summed E-state index contributed by atoms with van der Waals surface area (Å²) in [6, 6.07) is 19.9. The molecular formula is C25H24N2O4. The number of nitrogens with one attached hydrogen (secondary N) is 2.